The molecule has 2 atom stereocenters. The Kier molecular flexibility index (Phi) is 4.66. The Morgan fingerprint density at radius 1 is 1.33 bits per heavy atom. The first-order valence-corrected chi connectivity index (χ1v) is 7.12. The Morgan fingerprint density at radius 3 is 2.56 bits per heavy atom. The second-order valence-corrected chi connectivity index (χ2v) is 5.76. The van der Waals surface area contributed by atoms with Crippen LogP contribution in [0.4, 0.5) is 0 Å². The van der Waals surface area contributed by atoms with Crippen LogP contribution in [0.1, 0.15) is 36.9 Å². The summed E-state index contributed by atoms with van der Waals surface area (Å²) in [5.74, 6) is 0.253. The molecule has 1 N–H and O–H groups in total. The van der Waals surface area contributed by atoms with Crippen LogP contribution in [-0.4, -0.2) is 29.7 Å². The molecule has 1 aliphatic heterocycles. The SMILES string of the molecule is Cc1cc(C(C(C)CO)N2CCCC2)ccc1Cl. The van der Waals surface area contributed by atoms with Crippen LogP contribution in [0.25, 0.3) is 0 Å². The summed E-state index contributed by atoms with van der Waals surface area (Å²) in [6, 6.07) is 6.55. The number of aryl methyl sites for hydroxylation is 1. The fraction of sp³-hybridized carbons (Fsp3) is 0.600. The first-order valence-electron chi connectivity index (χ1n) is 6.74. The number of hydrogen-bond donors (Lipinski definition) is 1. The van der Waals surface area contributed by atoms with Crippen LogP contribution < -0.4 is 0 Å². The molecule has 0 aromatic heterocycles. The van der Waals surface area contributed by atoms with Crippen molar-refractivity contribution >= 4 is 11.6 Å². The summed E-state index contributed by atoms with van der Waals surface area (Å²) < 4.78 is 0. The van der Waals surface area contributed by atoms with Gasteiger partial charge in [0.1, 0.15) is 0 Å². The molecule has 1 aromatic carbocycles. The van der Waals surface area contributed by atoms with Crippen LogP contribution in [0.5, 0.6) is 0 Å². The predicted molar refractivity (Wildman–Crippen MR) is 76.0 cm³/mol. The monoisotopic (exact) mass is 267 g/mol. The van der Waals surface area contributed by atoms with Gasteiger partial charge < -0.3 is 5.11 Å². The third-order valence-electron chi connectivity index (χ3n) is 3.88. The maximum absolute atomic E-state index is 9.50. The first-order chi connectivity index (χ1) is 8.63. The molecule has 2 unspecified atom stereocenters. The van der Waals surface area contributed by atoms with E-state index in [0.29, 0.717) is 6.04 Å². The maximum atomic E-state index is 9.50. The zero-order valence-corrected chi connectivity index (χ0v) is 12.0. The minimum absolute atomic E-state index is 0.225. The van der Waals surface area contributed by atoms with Gasteiger partial charge in [0.25, 0.3) is 0 Å². The van der Waals surface area contributed by atoms with Crippen LogP contribution in [0, 0.1) is 12.8 Å². The van der Waals surface area contributed by atoms with Gasteiger partial charge in [-0.25, -0.2) is 0 Å². The summed E-state index contributed by atoms with van der Waals surface area (Å²) >= 11 is 6.10. The standard InChI is InChI=1S/C15H22ClNO/c1-11-9-13(5-6-14(11)16)15(12(2)10-18)17-7-3-4-8-17/h5-6,9,12,15,18H,3-4,7-8,10H2,1-2H3. The van der Waals surface area contributed by atoms with Crippen LogP contribution in [0.3, 0.4) is 0 Å². The molecule has 1 fully saturated rings. The van der Waals surface area contributed by atoms with Gasteiger partial charge in [0.15, 0.2) is 0 Å². The van der Waals surface area contributed by atoms with Crippen molar-refractivity contribution in [3.63, 3.8) is 0 Å². The number of rotatable bonds is 4. The molecule has 1 saturated heterocycles. The molecule has 3 heteroatoms. The molecule has 2 nitrogen and oxygen atoms in total. The summed E-state index contributed by atoms with van der Waals surface area (Å²) in [7, 11) is 0. The molecule has 1 aromatic rings. The van der Waals surface area contributed by atoms with Crippen molar-refractivity contribution in [1.29, 1.82) is 0 Å². The smallest absolute Gasteiger partial charge is 0.0474 e. The summed E-state index contributed by atoms with van der Waals surface area (Å²) in [5.41, 5.74) is 2.39. The van der Waals surface area contributed by atoms with Gasteiger partial charge in [-0.1, -0.05) is 30.7 Å². The Morgan fingerprint density at radius 2 is 2.00 bits per heavy atom. The van der Waals surface area contributed by atoms with Gasteiger partial charge >= 0.3 is 0 Å². The number of aliphatic hydroxyl groups excluding tert-OH is 1. The lowest BCUT2D eigenvalue weighted by molar-refractivity contribution is 0.126. The normalized spacial score (nSPS) is 20.0. The summed E-state index contributed by atoms with van der Waals surface area (Å²) in [6.45, 7) is 6.65. The highest BCUT2D eigenvalue weighted by Gasteiger charge is 2.28. The number of benzene rings is 1. The van der Waals surface area contributed by atoms with E-state index in [-0.39, 0.29) is 12.5 Å². The molecule has 0 bridgehead atoms. The summed E-state index contributed by atoms with van der Waals surface area (Å²) in [4.78, 5) is 2.49. The molecule has 18 heavy (non-hydrogen) atoms. The predicted octanol–water partition coefficient (Wildman–Crippen LogP) is 3.41. The van der Waals surface area contributed by atoms with E-state index in [1.54, 1.807) is 0 Å². The topological polar surface area (TPSA) is 23.5 Å². The lowest BCUT2D eigenvalue weighted by Crippen LogP contribution is -2.32. The van der Waals surface area contributed by atoms with E-state index in [0.717, 1.165) is 23.7 Å². The molecule has 2 rings (SSSR count). The maximum Gasteiger partial charge on any atom is 0.0474 e. The largest absolute Gasteiger partial charge is 0.396 e. The highest BCUT2D eigenvalue weighted by molar-refractivity contribution is 6.31. The van der Waals surface area contributed by atoms with Crippen molar-refractivity contribution in [2.75, 3.05) is 19.7 Å². The lowest BCUT2D eigenvalue weighted by Gasteiger charge is -2.32. The second kappa shape index (κ2) is 6.05. The molecule has 0 radical (unpaired) electrons. The minimum atomic E-state index is 0.225. The zero-order chi connectivity index (χ0) is 13.1. The minimum Gasteiger partial charge on any atom is -0.396 e. The number of likely N-dealkylation sites (tertiary alicyclic amines) is 1. The quantitative estimate of drug-likeness (QED) is 0.904. The van der Waals surface area contributed by atoms with E-state index >= 15 is 0 Å². The van der Waals surface area contributed by atoms with E-state index in [4.69, 9.17) is 11.6 Å². The van der Waals surface area contributed by atoms with Crippen molar-refractivity contribution in [1.82, 2.24) is 4.90 Å². The molecular formula is C15H22ClNO. The lowest BCUT2D eigenvalue weighted by atomic mass is 9.93. The molecule has 0 amide bonds. The van der Waals surface area contributed by atoms with Crippen LogP contribution >= 0.6 is 11.6 Å². The van der Waals surface area contributed by atoms with E-state index in [2.05, 4.69) is 24.0 Å². The van der Waals surface area contributed by atoms with Crippen molar-refractivity contribution in [3.05, 3.63) is 34.3 Å². The number of hydrogen-bond acceptors (Lipinski definition) is 2. The van der Waals surface area contributed by atoms with E-state index in [1.807, 2.05) is 13.0 Å². The zero-order valence-electron chi connectivity index (χ0n) is 11.2. The Labute approximate surface area is 115 Å². The average molecular weight is 268 g/mol. The van der Waals surface area contributed by atoms with E-state index in [9.17, 15) is 5.11 Å². The van der Waals surface area contributed by atoms with E-state index < -0.39 is 0 Å². The molecular weight excluding hydrogens is 246 g/mol. The van der Waals surface area contributed by atoms with Crippen LogP contribution in [0.2, 0.25) is 5.02 Å². The van der Waals surface area contributed by atoms with Gasteiger partial charge in [-0.3, -0.25) is 4.90 Å². The average Bonchev–Trinajstić information content (AvgIpc) is 2.87. The highest BCUT2D eigenvalue weighted by Crippen LogP contribution is 2.33. The van der Waals surface area contributed by atoms with Gasteiger partial charge in [-0.2, -0.15) is 0 Å². The molecule has 100 valence electrons. The van der Waals surface area contributed by atoms with Crippen LogP contribution in [-0.2, 0) is 0 Å². The molecule has 1 heterocycles. The van der Waals surface area contributed by atoms with Gasteiger partial charge in [0, 0.05) is 17.7 Å². The number of halogens is 1. The Bertz CT molecular complexity index is 401. The number of nitrogens with zero attached hydrogens (tertiary/aromatic N) is 1. The van der Waals surface area contributed by atoms with Crippen molar-refractivity contribution < 1.29 is 5.11 Å². The molecule has 0 spiro atoms. The summed E-state index contributed by atoms with van der Waals surface area (Å²) in [5, 5.41) is 10.3. The second-order valence-electron chi connectivity index (χ2n) is 5.36. The van der Waals surface area contributed by atoms with Gasteiger partial charge in [-0.15, -0.1) is 0 Å². The molecule has 1 aliphatic rings. The van der Waals surface area contributed by atoms with Gasteiger partial charge in [-0.05, 0) is 56.0 Å². The molecule has 0 aliphatic carbocycles. The van der Waals surface area contributed by atoms with Gasteiger partial charge in [0.2, 0.25) is 0 Å². The first kappa shape index (κ1) is 13.9. The van der Waals surface area contributed by atoms with Crippen molar-refractivity contribution in [2.24, 2.45) is 5.92 Å². The Balaban J connectivity index is 2.29. The summed E-state index contributed by atoms with van der Waals surface area (Å²) in [6.07, 6.45) is 2.53. The van der Waals surface area contributed by atoms with Gasteiger partial charge in [0.05, 0.1) is 0 Å². The fourth-order valence-corrected chi connectivity index (χ4v) is 2.99. The number of aliphatic hydroxyl groups is 1. The van der Waals surface area contributed by atoms with Crippen molar-refractivity contribution in [3.8, 4) is 0 Å². The van der Waals surface area contributed by atoms with Crippen LogP contribution in [0.15, 0.2) is 18.2 Å². The third kappa shape index (κ3) is 2.87. The molecule has 0 saturated carbocycles. The van der Waals surface area contributed by atoms with E-state index in [1.165, 1.54) is 18.4 Å². The Hall–Kier alpha value is -0.570. The fourth-order valence-electron chi connectivity index (χ4n) is 2.87. The third-order valence-corrected chi connectivity index (χ3v) is 4.31. The highest BCUT2D eigenvalue weighted by atomic mass is 35.5. The van der Waals surface area contributed by atoms with Crippen molar-refractivity contribution in [2.45, 2.75) is 32.7 Å².